The third-order valence-electron chi connectivity index (χ3n) is 4.80. The summed E-state index contributed by atoms with van der Waals surface area (Å²) in [4.78, 5) is 25.4. The number of nitrogens with zero attached hydrogens (tertiary/aromatic N) is 6. The van der Waals surface area contributed by atoms with E-state index in [1.165, 1.54) is 12.4 Å². The second kappa shape index (κ2) is 8.15. The van der Waals surface area contributed by atoms with Gasteiger partial charge in [0.25, 0.3) is 0 Å². The lowest BCUT2D eigenvalue weighted by molar-refractivity contribution is -0.383. The van der Waals surface area contributed by atoms with Crippen LogP contribution in [0, 0.1) is 15.9 Å². The zero-order valence-corrected chi connectivity index (χ0v) is 15.5. The van der Waals surface area contributed by atoms with Crippen LogP contribution in [0.2, 0.25) is 0 Å². The number of halogens is 1. The Morgan fingerprint density at radius 1 is 1.11 bits per heavy atom. The Balaban J connectivity index is 1.85. The molecule has 1 aliphatic heterocycles. The second-order valence-electron chi connectivity index (χ2n) is 6.22. The maximum absolute atomic E-state index is 14.0. The van der Waals surface area contributed by atoms with Crippen LogP contribution >= 0.6 is 0 Å². The molecule has 3 rings (SSSR count). The molecule has 1 aromatic carbocycles. The summed E-state index contributed by atoms with van der Waals surface area (Å²) in [5.74, 6) is 0.402. The average molecular weight is 374 g/mol. The van der Waals surface area contributed by atoms with Crippen LogP contribution in [0.15, 0.2) is 30.6 Å². The van der Waals surface area contributed by atoms with Crippen molar-refractivity contribution in [3.05, 3.63) is 46.5 Å². The molecule has 1 fully saturated rings. The van der Waals surface area contributed by atoms with Gasteiger partial charge in [-0.1, -0.05) is 12.1 Å². The predicted molar refractivity (Wildman–Crippen MR) is 103 cm³/mol. The van der Waals surface area contributed by atoms with Gasteiger partial charge in [-0.2, -0.15) is 0 Å². The molecule has 144 valence electrons. The van der Waals surface area contributed by atoms with E-state index in [1.54, 1.807) is 18.2 Å². The first-order chi connectivity index (χ1) is 13.1. The SMILES string of the molecule is CCN(CC)c1ncnc(N2CCN(c3ccccc3F)CC2)c1[N+](=O)[O-]. The van der Waals surface area contributed by atoms with Gasteiger partial charge in [0, 0.05) is 39.3 Å². The fourth-order valence-electron chi connectivity index (χ4n) is 3.38. The third-order valence-corrected chi connectivity index (χ3v) is 4.80. The molecular formula is C18H23FN6O2. The molecule has 8 nitrogen and oxygen atoms in total. The molecule has 0 amide bonds. The van der Waals surface area contributed by atoms with Crippen molar-refractivity contribution in [2.75, 3.05) is 54.0 Å². The quantitative estimate of drug-likeness (QED) is 0.568. The van der Waals surface area contributed by atoms with E-state index in [4.69, 9.17) is 0 Å². The summed E-state index contributed by atoms with van der Waals surface area (Å²) in [6.07, 6.45) is 1.37. The lowest BCUT2D eigenvalue weighted by atomic mass is 10.2. The van der Waals surface area contributed by atoms with E-state index in [1.807, 2.05) is 28.5 Å². The molecule has 0 N–H and O–H groups in total. The normalized spacial score (nSPS) is 14.3. The number of aromatic nitrogens is 2. The maximum atomic E-state index is 14.0. The van der Waals surface area contributed by atoms with Crippen LogP contribution in [0.4, 0.5) is 27.4 Å². The van der Waals surface area contributed by atoms with E-state index in [0.29, 0.717) is 56.6 Å². The zero-order chi connectivity index (χ0) is 19.4. The number of benzene rings is 1. The van der Waals surface area contributed by atoms with E-state index in [2.05, 4.69) is 9.97 Å². The molecule has 0 radical (unpaired) electrons. The van der Waals surface area contributed by atoms with Gasteiger partial charge in [-0.25, -0.2) is 14.4 Å². The number of rotatable bonds is 6. The van der Waals surface area contributed by atoms with Crippen molar-refractivity contribution in [3.63, 3.8) is 0 Å². The number of piperazine rings is 1. The van der Waals surface area contributed by atoms with Gasteiger partial charge in [-0.05, 0) is 26.0 Å². The molecule has 9 heteroatoms. The van der Waals surface area contributed by atoms with Crippen LogP contribution in [-0.2, 0) is 0 Å². The van der Waals surface area contributed by atoms with Crippen molar-refractivity contribution in [1.29, 1.82) is 0 Å². The minimum Gasteiger partial charge on any atom is -0.366 e. The smallest absolute Gasteiger partial charge is 0.353 e. The third kappa shape index (κ3) is 3.76. The van der Waals surface area contributed by atoms with E-state index >= 15 is 0 Å². The van der Waals surface area contributed by atoms with Gasteiger partial charge in [0.05, 0.1) is 10.6 Å². The highest BCUT2D eigenvalue weighted by atomic mass is 19.1. The fraction of sp³-hybridized carbons (Fsp3) is 0.444. The van der Waals surface area contributed by atoms with Gasteiger partial charge in [-0.3, -0.25) is 10.1 Å². The van der Waals surface area contributed by atoms with Crippen molar-refractivity contribution in [1.82, 2.24) is 9.97 Å². The molecule has 0 unspecified atom stereocenters. The van der Waals surface area contributed by atoms with Gasteiger partial charge in [0.15, 0.2) is 0 Å². The minimum atomic E-state index is -0.410. The van der Waals surface area contributed by atoms with Gasteiger partial charge in [0.1, 0.15) is 12.1 Å². The van der Waals surface area contributed by atoms with Crippen LogP contribution in [0.5, 0.6) is 0 Å². The molecule has 1 saturated heterocycles. The predicted octanol–water partition coefficient (Wildman–Crippen LogP) is 2.70. The lowest BCUT2D eigenvalue weighted by Gasteiger charge is -2.36. The first-order valence-electron chi connectivity index (χ1n) is 9.05. The van der Waals surface area contributed by atoms with E-state index in [9.17, 15) is 14.5 Å². The summed E-state index contributed by atoms with van der Waals surface area (Å²) in [7, 11) is 0. The highest BCUT2D eigenvalue weighted by molar-refractivity contribution is 5.71. The Morgan fingerprint density at radius 2 is 1.74 bits per heavy atom. The maximum Gasteiger partial charge on any atom is 0.353 e. The molecule has 0 aliphatic carbocycles. The average Bonchev–Trinajstić information content (AvgIpc) is 2.69. The summed E-state index contributed by atoms with van der Waals surface area (Å²) in [6, 6.07) is 6.65. The second-order valence-corrected chi connectivity index (χ2v) is 6.22. The molecule has 27 heavy (non-hydrogen) atoms. The number of nitro groups is 1. The highest BCUT2D eigenvalue weighted by Crippen LogP contribution is 2.34. The van der Waals surface area contributed by atoms with Crippen molar-refractivity contribution in [2.24, 2.45) is 0 Å². The molecule has 0 atom stereocenters. The van der Waals surface area contributed by atoms with E-state index in [-0.39, 0.29) is 11.5 Å². The van der Waals surface area contributed by atoms with Crippen molar-refractivity contribution in [2.45, 2.75) is 13.8 Å². The van der Waals surface area contributed by atoms with E-state index in [0.717, 1.165) is 0 Å². The van der Waals surface area contributed by atoms with Crippen molar-refractivity contribution >= 4 is 23.0 Å². The minimum absolute atomic E-state index is 0.0689. The largest absolute Gasteiger partial charge is 0.366 e. The van der Waals surface area contributed by atoms with Gasteiger partial charge in [0.2, 0.25) is 11.6 Å². The van der Waals surface area contributed by atoms with Crippen LogP contribution in [0.25, 0.3) is 0 Å². The number of para-hydroxylation sites is 1. The molecular weight excluding hydrogens is 351 g/mol. The molecule has 0 bridgehead atoms. The van der Waals surface area contributed by atoms with Crippen molar-refractivity contribution in [3.8, 4) is 0 Å². The standard InChI is InChI=1S/C18H23FN6O2/c1-3-22(4-2)17-16(25(26)27)18(21-13-20-17)24-11-9-23(10-12-24)15-8-6-5-7-14(15)19/h5-8,13H,3-4,9-12H2,1-2H3. The van der Waals surface area contributed by atoms with Crippen LogP contribution < -0.4 is 14.7 Å². The Labute approximate surface area is 157 Å². The zero-order valence-electron chi connectivity index (χ0n) is 15.5. The van der Waals surface area contributed by atoms with Gasteiger partial charge >= 0.3 is 5.69 Å². The summed E-state index contributed by atoms with van der Waals surface area (Å²) >= 11 is 0. The first-order valence-corrected chi connectivity index (χ1v) is 9.05. The molecule has 2 aromatic rings. The number of hydrogen-bond donors (Lipinski definition) is 0. The summed E-state index contributed by atoms with van der Waals surface area (Å²) in [6.45, 7) is 7.26. The molecule has 0 spiro atoms. The summed E-state index contributed by atoms with van der Waals surface area (Å²) in [5, 5.41) is 11.8. The Morgan fingerprint density at radius 3 is 2.33 bits per heavy atom. The first kappa shape index (κ1) is 18.8. The van der Waals surface area contributed by atoms with Gasteiger partial charge in [-0.15, -0.1) is 0 Å². The van der Waals surface area contributed by atoms with E-state index < -0.39 is 4.92 Å². The van der Waals surface area contributed by atoms with Crippen molar-refractivity contribution < 1.29 is 9.31 Å². The summed E-state index contributed by atoms with van der Waals surface area (Å²) in [5.41, 5.74) is 0.485. The highest BCUT2D eigenvalue weighted by Gasteiger charge is 2.31. The lowest BCUT2D eigenvalue weighted by Crippen LogP contribution is -2.47. The van der Waals surface area contributed by atoms with Crippen LogP contribution in [0.1, 0.15) is 13.8 Å². The topological polar surface area (TPSA) is 78.6 Å². The Kier molecular flexibility index (Phi) is 5.68. The fourth-order valence-corrected chi connectivity index (χ4v) is 3.38. The van der Waals surface area contributed by atoms with Gasteiger partial charge < -0.3 is 14.7 Å². The Bertz CT molecular complexity index is 806. The monoisotopic (exact) mass is 374 g/mol. The molecule has 0 saturated carbocycles. The molecule has 1 aromatic heterocycles. The summed E-state index contributed by atoms with van der Waals surface area (Å²) < 4.78 is 14.0. The number of hydrogen-bond acceptors (Lipinski definition) is 7. The van der Waals surface area contributed by atoms with Crippen LogP contribution in [-0.4, -0.2) is 54.2 Å². The Hall–Kier alpha value is -2.97. The van der Waals surface area contributed by atoms with Crippen LogP contribution in [0.3, 0.4) is 0 Å². The molecule has 1 aliphatic rings. The molecule has 2 heterocycles. The number of anilines is 3.